The van der Waals surface area contributed by atoms with E-state index in [1.54, 1.807) is 30.1 Å². The monoisotopic (exact) mass is 290 g/mol. The van der Waals surface area contributed by atoms with Gasteiger partial charge < -0.3 is 11.1 Å². The zero-order valence-corrected chi connectivity index (χ0v) is 11.1. The van der Waals surface area contributed by atoms with Crippen LogP contribution in [0.25, 0.3) is 0 Å². The molecule has 90 valence electrons. The number of nitrogens with zero attached hydrogens (tertiary/aromatic N) is 2. The Morgan fingerprint density at radius 1 is 1.18 bits per heavy atom. The van der Waals surface area contributed by atoms with Crippen molar-refractivity contribution in [2.75, 3.05) is 11.1 Å². The third kappa shape index (κ3) is 2.60. The SMILES string of the molecule is Cn1cc(N)c(Nc2cc(Cl)c(Cl)cc2Cl)n1. The minimum atomic E-state index is 0.399. The van der Waals surface area contributed by atoms with E-state index in [4.69, 9.17) is 40.5 Å². The Kier molecular flexibility index (Phi) is 3.38. The fraction of sp³-hybridized carbons (Fsp3) is 0.100. The average Bonchev–Trinajstić information content (AvgIpc) is 2.54. The van der Waals surface area contributed by atoms with Gasteiger partial charge in [-0.05, 0) is 12.1 Å². The smallest absolute Gasteiger partial charge is 0.175 e. The average molecular weight is 292 g/mol. The molecule has 4 nitrogen and oxygen atoms in total. The molecule has 0 radical (unpaired) electrons. The van der Waals surface area contributed by atoms with Crippen LogP contribution in [0, 0.1) is 0 Å². The molecule has 2 aromatic rings. The van der Waals surface area contributed by atoms with Crippen molar-refractivity contribution in [2.45, 2.75) is 0 Å². The Morgan fingerprint density at radius 3 is 2.41 bits per heavy atom. The lowest BCUT2D eigenvalue weighted by molar-refractivity contribution is 0.771. The van der Waals surface area contributed by atoms with E-state index in [1.807, 2.05) is 0 Å². The number of aromatic nitrogens is 2. The van der Waals surface area contributed by atoms with Crippen molar-refractivity contribution < 1.29 is 0 Å². The Labute approximate surface area is 113 Å². The summed E-state index contributed by atoms with van der Waals surface area (Å²) < 4.78 is 1.60. The van der Waals surface area contributed by atoms with E-state index in [1.165, 1.54) is 0 Å². The summed E-state index contributed by atoms with van der Waals surface area (Å²) in [5.74, 6) is 0.521. The topological polar surface area (TPSA) is 55.9 Å². The number of nitrogens with one attached hydrogen (secondary N) is 1. The molecule has 0 spiro atoms. The molecule has 0 saturated heterocycles. The number of benzene rings is 1. The minimum absolute atomic E-state index is 0.399. The molecule has 0 aliphatic heterocycles. The van der Waals surface area contributed by atoms with Gasteiger partial charge in [0.2, 0.25) is 0 Å². The van der Waals surface area contributed by atoms with Crippen LogP contribution in [0.15, 0.2) is 18.3 Å². The van der Waals surface area contributed by atoms with E-state index in [-0.39, 0.29) is 0 Å². The summed E-state index contributed by atoms with van der Waals surface area (Å²) >= 11 is 17.8. The maximum Gasteiger partial charge on any atom is 0.175 e. The highest BCUT2D eigenvalue weighted by Crippen LogP contribution is 2.34. The van der Waals surface area contributed by atoms with Gasteiger partial charge in [0.25, 0.3) is 0 Å². The fourth-order valence-electron chi connectivity index (χ4n) is 1.35. The first-order valence-electron chi connectivity index (χ1n) is 4.68. The molecule has 2 rings (SSSR count). The quantitative estimate of drug-likeness (QED) is 0.829. The Balaban J connectivity index is 2.36. The molecule has 0 aliphatic carbocycles. The number of halogens is 3. The van der Waals surface area contributed by atoms with Gasteiger partial charge in [-0.15, -0.1) is 0 Å². The van der Waals surface area contributed by atoms with Crippen LogP contribution in [0.3, 0.4) is 0 Å². The van der Waals surface area contributed by atoms with E-state index >= 15 is 0 Å². The zero-order valence-electron chi connectivity index (χ0n) is 8.84. The standard InChI is InChI=1S/C10H9Cl3N4/c1-17-4-8(14)10(16-17)15-9-3-6(12)5(11)2-7(9)13/h2-4H,14H2,1H3,(H,15,16). The van der Waals surface area contributed by atoms with E-state index in [9.17, 15) is 0 Å². The van der Waals surface area contributed by atoms with E-state index in [2.05, 4.69) is 10.4 Å². The molecule has 0 aliphatic rings. The van der Waals surface area contributed by atoms with Crippen LogP contribution in [-0.2, 0) is 7.05 Å². The van der Waals surface area contributed by atoms with Gasteiger partial charge >= 0.3 is 0 Å². The molecule has 0 amide bonds. The highest BCUT2D eigenvalue weighted by molar-refractivity contribution is 6.44. The van der Waals surface area contributed by atoms with Gasteiger partial charge in [-0.2, -0.15) is 5.10 Å². The van der Waals surface area contributed by atoms with Gasteiger partial charge in [0, 0.05) is 13.2 Å². The number of nitrogen functional groups attached to an aromatic ring is 1. The minimum Gasteiger partial charge on any atom is -0.394 e. The molecule has 1 aromatic heterocycles. The summed E-state index contributed by atoms with van der Waals surface area (Å²) in [4.78, 5) is 0. The first-order chi connectivity index (χ1) is 7.97. The highest BCUT2D eigenvalue weighted by atomic mass is 35.5. The van der Waals surface area contributed by atoms with Crippen LogP contribution in [0.4, 0.5) is 17.2 Å². The van der Waals surface area contributed by atoms with Gasteiger partial charge in [-0.1, -0.05) is 34.8 Å². The fourth-order valence-corrected chi connectivity index (χ4v) is 1.94. The largest absolute Gasteiger partial charge is 0.394 e. The maximum atomic E-state index is 6.03. The Morgan fingerprint density at radius 2 is 1.82 bits per heavy atom. The molecular weight excluding hydrogens is 282 g/mol. The number of rotatable bonds is 2. The van der Waals surface area contributed by atoms with E-state index in [0.29, 0.717) is 32.3 Å². The molecular formula is C10H9Cl3N4. The first kappa shape index (κ1) is 12.4. The number of hydrogen-bond acceptors (Lipinski definition) is 3. The summed E-state index contributed by atoms with van der Waals surface area (Å²) in [5.41, 5.74) is 6.89. The Bertz CT molecular complexity index is 565. The van der Waals surface area contributed by atoms with Crippen LogP contribution < -0.4 is 11.1 Å². The summed E-state index contributed by atoms with van der Waals surface area (Å²) in [6, 6.07) is 3.19. The van der Waals surface area contributed by atoms with Gasteiger partial charge in [0.1, 0.15) is 0 Å². The second-order valence-electron chi connectivity index (χ2n) is 3.48. The van der Waals surface area contributed by atoms with Gasteiger partial charge in [0.15, 0.2) is 5.82 Å². The second kappa shape index (κ2) is 4.64. The van der Waals surface area contributed by atoms with Crippen molar-refractivity contribution >= 4 is 52.0 Å². The predicted octanol–water partition coefficient (Wildman–Crippen LogP) is 3.71. The maximum absolute atomic E-state index is 6.03. The molecule has 17 heavy (non-hydrogen) atoms. The van der Waals surface area contributed by atoms with Crippen molar-refractivity contribution in [2.24, 2.45) is 7.05 Å². The summed E-state index contributed by atoms with van der Waals surface area (Å²) in [7, 11) is 1.78. The Hall–Kier alpha value is -1.10. The van der Waals surface area contributed by atoms with Crippen LogP contribution in [0.2, 0.25) is 15.1 Å². The summed E-state index contributed by atoms with van der Waals surface area (Å²) in [6.45, 7) is 0. The van der Waals surface area contributed by atoms with E-state index in [0.717, 1.165) is 0 Å². The molecule has 1 aromatic carbocycles. The van der Waals surface area contributed by atoms with Crippen LogP contribution >= 0.6 is 34.8 Å². The van der Waals surface area contributed by atoms with Crippen LogP contribution in [-0.4, -0.2) is 9.78 Å². The molecule has 3 N–H and O–H groups in total. The lowest BCUT2D eigenvalue weighted by Crippen LogP contribution is -1.96. The number of aryl methyl sites for hydroxylation is 1. The third-order valence-corrected chi connectivity index (χ3v) is 3.15. The number of nitrogens with two attached hydrogens (primary N) is 1. The normalized spacial score (nSPS) is 10.6. The van der Waals surface area contributed by atoms with E-state index < -0.39 is 0 Å². The molecule has 0 saturated carbocycles. The molecule has 1 heterocycles. The highest BCUT2D eigenvalue weighted by Gasteiger charge is 2.09. The van der Waals surface area contributed by atoms with Gasteiger partial charge in [-0.3, -0.25) is 4.68 Å². The van der Waals surface area contributed by atoms with Crippen molar-refractivity contribution in [3.8, 4) is 0 Å². The van der Waals surface area contributed by atoms with Crippen LogP contribution in [0.5, 0.6) is 0 Å². The molecule has 0 unspecified atom stereocenters. The number of hydrogen-bond donors (Lipinski definition) is 2. The summed E-state index contributed by atoms with van der Waals surface area (Å²) in [6.07, 6.45) is 1.69. The molecule has 0 fully saturated rings. The molecule has 7 heteroatoms. The van der Waals surface area contributed by atoms with Gasteiger partial charge in [0.05, 0.1) is 26.4 Å². The van der Waals surface area contributed by atoms with Crippen molar-refractivity contribution in [1.82, 2.24) is 9.78 Å². The van der Waals surface area contributed by atoms with Gasteiger partial charge in [-0.25, -0.2) is 0 Å². The number of anilines is 3. The predicted molar refractivity (Wildman–Crippen MR) is 72.4 cm³/mol. The molecule has 0 bridgehead atoms. The van der Waals surface area contributed by atoms with Crippen molar-refractivity contribution in [3.05, 3.63) is 33.4 Å². The first-order valence-corrected chi connectivity index (χ1v) is 5.81. The molecule has 0 atom stereocenters. The third-order valence-electron chi connectivity index (χ3n) is 2.12. The zero-order chi connectivity index (χ0) is 12.6. The summed E-state index contributed by atoms with van der Waals surface area (Å²) in [5, 5.41) is 8.40. The lowest BCUT2D eigenvalue weighted by Gasteiger charge is -2.08. The van der Waals surface area contributed by atoms with Crippen molar-refractivity contribution in [3.63, 3.8) is 0 Å². The van der Waals surface area contributed by atoms with Crippen molar-refractivity contribution in [1.29, 1.82) is 0 Å². The lowest BCUT2D eigenvalue weighted by atomic mass is 10.3. The van der Waals surface area contributed by atoms with Crippen LogP contribution in [0.1, 0.15) is 0 Å². The second-order valence-corrected chi connectivity index (χ2v) is 4.70.